The van der Waals surface area contributed by atoms with Gasteiger partial charge in [-0.25, -0.2) is 8.42 Å². The van der Waals surface area contributed by atoms with E-state index in [0.29, 0.717) is 5.69 Å². The van der Waals surface area contributed by atoms with Crippen LogP contribution < -0.4 is 5.32 Å². The molecule has 0 aromatic heterocycles. The van der Waals surface area contributed by atoms with Crippen LogP contribution in [0.3, 0.4) is 0 Å². The number of methoxy groups -OCH3 is 1. The summed E-state index contributed by atoms with van der Waals surface area (Å²) in [6, 6.07) is 5.92. The molecule has 7 heteroatoms. The summed E-state index contributed by atoms with van der Waals surface area (Å²) in [7, 11) is -2.07. The fourth-order valence-electron chi connectivity index (χ4n) is 1.35. The highest BCUT2D eigenvalue weighted by Crippen LogP contribution is 2.15. The van der Waals surface area contributed by atoms with Crippen molar-refractivity contribution < 1.29 is 22.7 Å². The number of carbonyl (C=O) groups is 2. The van der Waals surface area contributed by atoms with Gasteiger partial charge in [-0.3, -0.25) is 9.59 Å². The van der Waals surface area contributed by atoms with Crippen LogP contribution in [0.2, 0.25) is 0 Å². The van der Waals surface area contributed by atoms with E-state index in [1.54, 1.807) is 6.07 Å². The van der Waals surface area contributed by atoms with E-state index in [9.17, 15) is 18.0 Å². The fraction of sp³-hybridized carbons (Fsp3) is 0.333. The normalized spacial score (nSPS) is 10.8. The molecule has 0 unspecified atom stereocenters. The third-order valence-electron chi connectivity index (χ3n) is 2.33. The molecule has 1 aromatic carbocycles. The zero-order valence-electron chi connectivity index (χ0n) is 10.7. The Morgan fingerprint density at radius 3 is 2.53 bits per heavy atom. The lowest BCUT2D eigenvalue weighted by Crippen LogP contribution is -2.14. The van der Waals surface area contributed by atoms with Crippen molar-refractivity contribution in [3.8, 4) is 0 Å². The van der Waals surface area contributed by atoms with Crippen molar-refractivity contribution in [3.63, 3.8) is 0 Å². The predicted molar refractivity (Wildman–Crippen MR) is 69.4 cm³/mol. The number of benzene rings is 1. The first kappa shape index (κ1) is 15.2. The van der Waals surface area contributed by atoms with Crippen LogP contribution in [0.1, 0.15) is 12.8 Å². The molecule has 0 heterocycles. The number of carbonyl (C=O) groups excluding carboxylic acids is 2. The molecule has 0 bridgehead atoms. The van der Waals surface area contributed by atoms with Gasteiger partial charge in [0.15, 0.2) is 9.84 Å². The average molecular weight is 285 g/mol. The van der Waals surface area contributed by atoms with E-state index in [-0.39, 0.29) is 23.6 Å². The number of rotatable bonds is 5. The van der Waals surface area contributed by atoms with Crippen molar-refractivity contribution in [2.75, 3.05) is 18.7 Å². The molecule has 1 rings (SSSR count). The van der Waals surface area contributed by atoms with E-state index in [1.807, 2.05) is 0 Å². The van der Waals surface area contributed by atoms with Crippen molar-refractivity contribution in [2.24, 2.45) is 0 Å². The molecular weight excluding hydrogens is 270 g/mol. The Kier molecular flexibility index (Phi) is 5.05. The van der Waals surface area contributed by atoms with Gasteiger partial charge in [0.1, 0.15) is 0 Å². The number of nitrogens with one attached hydrogen (secondary N) is 1. The van der Waals surface area contributed by atoms with Gasteiger partial charge in [0.2, 0.25) is 5.91 Å². The number of ether oxygens (including phenoxy) is 1. The lowest BCUT2D eigenvalue weighted by Gasteiger charge is -2.06. The maximum Gasteiger partial charge on any atom is 0.306 e. The van der Waals surface area contributed by atoms with Crippen LogP contribution in [0.5, 0.6) is 0 Å². The molecule has 0 saturated heterocycles. The Bertz CT molecular complexity index is 580. The minimum Gasteiger partial charge on any atom is -0.469 e. The van der Waals surface area contributed by atoms with Gasteiger partial charge in [-0.2, -0.15) is 0 Å². The van der Waals surface area contributed by atoms with Gasteiger partial charge in [0.05, 0.1) is 18.4 Å². The van der Waals surface area contributed by atoms with Crippen LogP contribution in [0.15, 0.2) is 29.2 Å². The van der Waals surface area contributed by atoms with Crippen LogP contribution in [0.25, 0.3) is 0 Å². The van der Waals surface area contributed by atoms with E-state index in [1.165, 1.54) is 25.3 Å². The number of anilines is 1. The Morgan fingerprint density at radius 2 is 1.95 bits per heavy atom. The first-order valence-corrected chi connectivity index (χ1v) is 7.39. The van der Waals surface area contributed by atoms with Crippen LogP contribution in [-0.4, -0.2) is 33.7 Å². The third kappa shape index (κ3) is 5.09. The van der Waals surface area contributed by atoms with E-state index < -0.39 is 15.8 Å². The largest absolute Gasteiger partial charge is 0.469 e. The minimum absolute atomic E-state index is 0.0181. The van der Waals surface area contributed by atoms with Crippen LogP contribution in [0.4, 0.5) is 5.69 Å². The van der Waals surface area contributed by atoms with Gasteiger partial charge < -0.3 is 10.1 Å². The summed E-state index contributed by atoms with van der Waals surface area (Å²) in [6.07, 6.45) is 1.05. The Morgan fingerprint density at radius 1 is 1.26 bits per heavy atom. The average Bonchev–Trinajstić information content (AvgIpc) is 2.35. The summed E-state index contributed by atoms with van der Waals surface area (Å²) in [6.45, 7) is 0. The van der Waals surface area contributed by atoms with Gasteiger partial charge in [-0.15, -0.1) is 0 Å². The molecule has 0 radical (unpaired) electrons. The number of sulfone groups is 1. The minimum atomic E-state index is -3.32. The quantitative estimate of drug-likeness (QED) is 0.815. The van der Waals surface area contributed by atoms with E-state index in [0.717, 1.165) is 6.26 Å². The molecular formula is C12H15NO5S. The lowest BCUT2D eigenvalue weighted by atomic mass is 10.2. The summed E-state index contributed by atoms with van der Waals surface area (Å²) < 4.78 is 27.1. The lowest BCUT2D eigenvalue weighted by molar-refractivity contribution is -0.141. The van der Waals surface area contributed by atoms with Crippen molar-refractivity contribution in [3.05, 3.63) is 24.3 Å². The molecule has 1 amide bonds. The molecule has 19 heavy (non-hydrogen) atoms. The predicted octanol–water partition coefficient (Wildman–Crippen LogP) is 0.982. The molecule has 0 spiro atoms. The van der Waals surface area contributed by atoms with E-state index in [4.69, 9.17) is 0 Å². The molecule has 0 saturated carbocycles. The maximum atomic E-state index is 11.5. The second-order valence-electron chi connectivity index (χ2n) is 3.92. The highest BCUT2D eigenvalue weighted by molar-refractivity contribution is 7.90. The monoisotopic (exact) mass is 285 g/mol. The van der Waals surface area contributed by atoms with E-state index >= 15 is 0 Å². The fourth-order valence-corrected chi connectivity index (χ4v) is 2.01. The summed E-state index contributed by atoms with van der Waals surface area (Å²) in [5.74, 6) is -0.851. The highest BCUT2D eigenvalue weighted by Gasteiger charge is 2.10. The highest BCUT2D eigenvalue weighted by atomic mass is 32.2. The standard InChI is InChI=1S/C12H15NO5S/c1-18-12(15)7-6-11(14)13-9-4-3-5-10(8-9)19(2,16)17/h3-5,8H,6-7H2,1-2H3,(H,13,14). The van der Waals surface area contributed by atoms with Gasteiger partial charge in [-0.1, -0.05) is 6.07 Å². The first-order valence-electron chi connectivity index (χ1n) is 5.49. The molecule has 1 aromatic rings. The Hall–Kier alpha value is -1.89. The molecule has 0 aliphatic heterocycles. The van der Waals surface area contributed by atoms with Gasteiger partial charge in [-0.05, 0) is 18.2 Å². The molecule has 104 valence electrons. The maximum absolute atomic E-state index is 11.5. The van der Waals surface area contributed by atoms with Crippen LogP contribution in [0, 0.1) is 0 Å². The van der Waals surface area contributed by atoms with E-state index in [2.05, 4.69) is 10.1 Å². The van der Waals surface area contributed by atoms with Crippen LogP contribution >= 0.6 is 0 Å². The van der Waals surface area contributed by atoms with Crippen molar-refractivity contribution in [1.82, 2.24) is 0 Å². The van der Waals surface area contributed by atoms with Gasteiger partial charge in [0.25, 0.3) is 0 Å². The smallest absolute Gasteiger partial charge is 0.306 e. The zero-order valence-corrected chi connectivity index (χ0v) is 11.5. The van der Waals surface area contributed by atoms with Gasteiger partial charge >= 0.3 is 5.97 Å². The molecule has 0 aliphatic carbocycles. The first-order chi connectivity index (χ1) is 8.82. The summed E-state index contributed by atoms with van der Waals surface area (Å²) in [5, 5.41) is 2.52. The Labute approximate surface area is 111 Å². The number of hydrogen-bond acceptors (Lipinski definition) is 5. The number of amides is 1. The summed E-state index contributed by atoms with van der Waals surface area (Å²) in [5.41, 5.74) is 0.373. The molecule has 0 atom stereocenters. The van der Waals surface area contributed by atoms with Crippen molar-refractivity contribution in [2.45, 2.75) is 17.7 Å². The second-order valence-corrected chi connectivity index (χ2v) is 5.94. The third-order valence-corrected chi connectivity index (χ3v) is 3.44. The van der Waals surface area contributed by atoms with Crippen LogP contribution in [-0.2, 0) is 24.2 Å². The topological polar surface area (TPSA) is 89.5 Å². The zero-order chi connectivity index (χ0) is 14.5. The summed E-state index contributed by atoms with van der Waals surface area (Å²) in [4.78, 5) is 22.5. The number of esters is 1. The van der Waals surface area contributed by atoms with Gasteiger partial charge in [0, 0.05) is 18.4 Å². The summed E-state index contributed by atoms with van der Waals surface area (Å²) >= 11 is 0. The molecule has 6 nitrogen and oxygen atoms in total. The molecule has 0 fully saturated rings. The molecule has 1 N–H and O–H groups in total. The SMILES string of the molecule is COC(=O)CCC(=O)Nc1cccc(S(C)(=O)=O)c1. The van der Waals surface area contributed by atoms with Crippen molar-refractivity contribution >= 4 is 27.4 Å². The molecule has 0 aliphatic rings. The Balaban J connectivity index is 2.68. The second kappa shape index (κ2) is 6.33. The van der Waals surface area contributed by atoms with Crippen molar-refractivity contribution in [1.29, 1.82) is 0 Å². The number of hydrogen-bond donors (Lipinski definition) is 1.